The standard InChI is InChI=1S/C18H25NO3S/c20-18(16-9-5-2-6-10-16)19-12-11-17(23(21,22)14-13-19)15-7-3-1-4-8-15/h1,3-4,7-8,16-17H,2,5-6,9-14H2. The molecule has 0 aromatic heterocycles. The summed E-state index contributed by atoms with van der Waals surface area (Å²) in [7, 11) is -3.20. The molecule has 5 heteroatoms. The molecule has 0 N–H and O–H groups in total. The zero-order chi connectivity index (χ0) is 16.3. The van der Waals surface area contributed by atoms with E-state index >= 15 is 0 Å². The van der Waals surface area contributed by atoms with E-state index in [9.17, 15) is 13.2 Å². The molecule has 2 aliphatic rings. The van der Waals surface area contributed by atoms with Crippen molar-refractivity contribution in [3.05, 3.63) is 35.9 Å². The Labute approximate surface area is 138 Å². The fraction of sp³-hybridized carbons (Fsp3) is 0.611. The van der Waals surface area contributed by atoms with E-state index in [1.54, 1.807) is 4.90 Å². The summed E-state index contributed by atoms with van der Waals surface area (Å²) in [5.74, 6) is 0.360. The molecule has 1 aromatic carbocycles. The Kier molecular flexibility index (Phi) is 5.05. The molecule has 2 fully saturated rings. The highest BCUT2D eigenvalue weighted by molar-refractivity contribution is 7.91. The Hall–Kier alpha value is -1.36. The van der Waals surface area contributed by atoms with Crippen LogP contribution in [0.5, 0.6) is 0 Å². The molecular weight excluding hydrogens is 310 g/mol. The molecular formula is C18H25NO3S. The second-order valence-electron chi connectivity index (χ2n) is 6.72. The lowest BCUT2D eigenvalue weighted by Crippen LogP contribution is -2.38. The molecule has 1 amide bonds. The molecule has 1 aromatic rings. The second kappa shape index (κ2) is 7.04. The molecule has 0 spiro atoms. The zero-order valence-electron chi connectivity index (χ0n) is 13.5. The molecule has 1 saturated heterocycles. The number of sulfone groups is 1. The largest absolute Gasteiger partial charge is 0.341 e. The molecule has 126 valence electrons. The van der Waals surface area contributed by atoms with Gasteiger partial charge in [-0.05, 0) is 24.8 Å². The molecule has 1 saturated carbocycles. The van der Waals surface area contributed by atoms with Crippen LogP contribution in [0.4, 0.5) is 0 Å². The summed E-state index contributed by atoms with van der Waals surface area (Å²) in [6, 6.07) is 9.40. The first kappa shape index (κ1) is 16.5. The SMILES string of the molecule is O=C(C1CCCCC1)N1CCC(c2ccccc2)S(=O)(=O)CC1. The van der Waals surface area contributed by atoms with Crippen molar-refractivity contribution in [1.29, 1.82) is 0 Å². The van der Waals surface area contributed by atoms with Crippen LogP contribution < -0.4 is 0 Å². The van der Waals surface area contributed by atoms with Gasteiger partial charge in [-0.3, -0.25) is 4.79 Å². The summed E-state index contributed by atoms with van der Waals surface area (Å²) >= 11 is 0. The van der Waals surface area contributed by atoms with Crippen LogP contribution in [0.1, 0.15) is 49.3 Å². The Morgan fingerprint density at radius 2 is 1.65 bits per heavy atom. The average Bonchev–Trinajstić information content (AvgIpc) is 2.74. The number of rotatable bonds is 2. The van der Waals surface area contributed by atoms with Gasteiger partial charge in [0, 0.05) is 19.0 Å². The first-order chi connectivity index (χ1) is 11.1. The van der Waals surface area contributed by atoms with E-state index in [0.717, 1.165) is 31.2 Å². The van der Waals surface area contributed by atoms with Gasteiger partial charge in [-0.1, -0.05) is 49.6 Å². The monoisotopic (exact) mass is 335 g/mol. The lowest BCUT2D eigenvalue weighted by Gasteiger charge is -2.28. The van der Waals surface area contributed by atoms with E-state index in [-0.39, 0.29) is 17.6 Å². The predicted octanol–water partition coefficient (Wildman–Crippen LogP) is 2.96. The maximum atomic E-state index is 12.7. The van der Waals surface area contributed by atoms with Gasteiger partial charge in [0.25, 0.3) is 0 Å². The van der Waals surface area contributed by atoms with Crippen LogP contribution in [0.2, 0.25) is 0 Å². The van der Waals surface area contributed by atoms with Crippen molar-refractivity contribution in [2.45, 2.75) is 43.8 Å². The normalized spacial score (nSPS) is 25.7. The lowest BCUT2D eigenvalue weighted by atomic mass is 9.88. The predicted molar refractivity (Wildman–Crippen MR) is 90.7 cm³/mol. The molecule has 0 bridgehead atoms. The van der Waals surface area contributed by atoms with Gasteiger partial charge in [0.1, 0.15) is 0 Å². The van der Waals surface area contributed by atoms with Crippen LogP contribution in [0.25, 0.3) is 0 Å². The van der Waals surface area contributed by atoms with Gasteiger partial charge in [-0.2, -0.15) is 0 Å². The van der Waals surface area contributed by atoms with E-state index < -0.39 is 15.1 Å². The van der Waals surface area contributed by atoms with Gasteiger partial charge in [0.15, 0.2) is 9.84 Å². The maximum Gasteiger partial charge on any atom is 0.225 e. The van der Waals surface area contributed by atoms with Crippen molar-refractivity contribution >= 4 is 15.7 Å². The van der Waals surface area contributed by atoms with Crippen molar-refractivity contribution in [3.8, 4) is 0 Å². The number of hydrogen-bond donors (Lipinski definition) is 0. The quantitative estimate of drug-likeness (QED) is 0.835. The van der Waals surface area contributed by atoms with Crippen LogP contribution in [0, 0.1) is 5.92 Å². The molecule has 4 nitrogen and oxygen atoms in total. The first-order valence-electron chi connectivity index (χ1n) is 8.63. The number of amides is 1. The number of hydrogen-bond acceptors (Lipinski definition) is 3. The minimum Gasteiger partial charge on any atom is -0.341 e. The maximum absolute atomic E-state index is 12.7. The molecule has 23 heavy (non-hydrogen) atoms. The molecule has 0 radical (unpaired) electrons. The highest BCUT2D eigenvalue weighted by atomic mass is 32.2. The third-order valence-corrected chi connectivity index (χ3v) is 7.30. The van der Waals surface area contributed by atoms with Crippen molar-refractivity contribution in [3.63, 3.8) is 0 Å². The van der Waals surface area contributed by atoms with Crippen LogP contribution in [-0.4, -0.2) is 38.1 Å². The van der Waals surface area contributed by atoms with Gasteiger partial charge < -0.3 is 4.90 Å². The highest BCUT2D eigenvalue weighted by Crippen LogP contribution is 2.31. The average molecular weight is 335 g/mol. The molecule has 1 aliphatic carbocycles. The Bertz CT molecular complexity index is 635. The van der Waals surface area contributed by atoms with Gasteiger partial charge in [0.05, 0.1) is 11.0 Å². The summed E-state index contributed by atoms with van der Waals surface area (Å²) < 4.78 is 25.2. The van der Waals surface area contributed by atoms with Crippen LogP contribution >= 0.6 is 0 Å². The first-order valence-corrected chi connectivity index (χ1v) is 10.3. The summed E-state index contributed by atoms with van der Waals surface area (Å²) in [5.41, 5.74) is 0.847. The fourth-order valence-corrected chi connectivity index (χ4v) is 5.61. The number of nitrogens with zero attached hydrogens (tertiary/aromatic N) is 1. The van der Waals surface area contributed by atoms with Crippen molar-refractivity contribution in [2.24, 2.45) is 5.92 Å². The Morgan fingerprint density at radius 1 is 0.957 bits per heavy atom. The van der Waals surface area contributed by atoms with Crippen molar-refractivity contribution < 1.29 is 13.2 Å². The number of carbonyl (C=O) groups excluding carboxylic acids is 1. The third-order valence-electron chi connectivity index (χ3n) is 5.18. The van der Waals surface area contributed by atoms with Gasteiger partial charge in [0.2, 0.25) is 5.91 Å². The molecule has 1 aliphatic heterocycles. The Morgan fingerprint density at radius 3 is 2.35 bits per heavy atom. The van der Waals surface area contributed by atoms with Gasteiger partial charge >= 0.3 is 0 Å². The lowest BCUT2D eigenvalue weighted by molar-refractivity contribution is -0.136. The third kappa shape index (κ3) is 3.77. The zero-order valence-corrected chi connectivity index (χ0v) is 14.3. The van der Waals surface area contributed by atoms with E-state index in [2.05, 4.69) is 0 Å². The molecule has 1 unspecified atom stereocenters. The highest BCUT2D eigenvalue weighted by Gasteiger charge is 2.34. The fourth-order valence-electron chi connectivity index (χ4n) is 3.81. The second-order valence-corrected chi connectivity index (χ2v) is 9.02. The summed E-state index contributed by atoms with van der Waals surface area (Å²) in [4.78, 5) is 14.5. The van der Waals surface area contributed by atoms with E-state index in [4.69, 9.17) is 0 Å². The topological polar surface area (TPSA) is 54.5 Å². The minimum atomic E-state index is -3.20. The summed E-state index contributed by atoms with van der Waals surface area (Å²) in [6.07, 6.45) is 5.89. The molecule has 1 heterocycles. The summed E-state index contributed by atoms with van der Waals surface area (Å²) in [5, 5.41) is -0.479. The van der Waals surface area contributed by atoms with E-state index in [0.29, 0.717) is 19.5 Å². The van der Waals surface area contributed by atoms with Crippen molar-refractivity contribution in [2.75, 3.05) is 18.8 Å². The van der Waals surface area contributed by atoms with Crippen LogP contribution in [0.3, 0.4) is 0 Å². The summed E-state index contributed by atoms with van der Waals surface area (Å²) in [6.45, 7) is 0.898. The Balaban J connectivity index is 1.73. The van der Waals surface area contributed by atoms with E-state index in [1.165, 1.54) is 6.42 Å². The smallest absolute Gasteiger partial charge is 0.225 e. The van der Waals surface area contributed by atoms with Gasteiger partial charge in [-0.15, -0.1) is 0 Å². The van der Waals surface area contributed by atoms with E-state index in [1.807, 2.05) is 30.3 Å². The minimum absolute atomic E-state index is 0.0744. The number of carbonyl (C=O) groups is 1. The van der Waals surface area contributed by atoms with Crippen LogP contribution in [0.15, 0.2) is 30.3 Å². The number of benzene rings is 1. The van der Waals surface area contributed by atoms with Crippen molar-refractivity contribution in [1.82, 2.24) is 4.90 Å². The van der Waals surface area contributed by atoms with Gasteiger partial charge in [-0.25, -0.2) is 8.42 Å². The molecule has 1 atom stereocenters. The molecule has 3 rings (SSSR count). The van der Waals surface area contributed by atoms with Crippen LogP contribution in [-0.2, 0) is 14.6 Å².